The van der Waals surface area contributed by atoms with E-state index in [1.165, 1.54) is 45.1 Å². The molecule has 0 aromatic rings. The summed E-state index contributed by atoms with van der Waals surface area (Å²) in [6.45, 7) is 9.44. The highest BCUT2D eigenvalue weighted by Crippen LogP contribution is 2.31. The predicted octanol–water partition coefficient (Wildman–Crippen LogP) is 3.84. The number of hydrogen-bond donors (Lipinski definition) is 1. The van der Waals surface area contributed by atoms with Crippen molar-refractivity contribution >= 4 is 0 Å². The second-order valence-corrected chi connectivity index (χ2v) is 5.48. The SMILES string of the molecule is CCNCCC1CCCCC(C)C(C)C1. The van der Waals surface area contributed by atoms with Gasteiger partial charge in [0.1, 0.15) is 0 Å². The van der Waals surface area contributed by atoms with Crippen molar-refractivity contribution in [2.24, 2.45) is 17.8 Å². The van der Waals surface area contributed by atoms with E-state index in [-0.39, 0.29) is 0 Å². The van der Waals surface area contributed by atoms with Gasteiger partial charge in [0.25, 0.3) is 0 Å². The third kappa shape index (κ3) is 5.01. The highest BCUT2D eigenvalue weighted by atomic mass is 14.8. The molecule has 0 saturated heterocycles. The molecule has 3 atom stereocenters. The van der Waals surface area contributed by atoms with Crippen molar-refractivity contribution in [3.05, 3.63) is 0 Å². The van der Waals surface area contributed by atoms with Crippen LogP contribution in [-0.4, -0.2) is 13.1 Å². The quantitative estimate of drug-likeness (QED) is 0.697. The van der Waals surface area contributed by atoms with Gasteiger partial charge in [-0.1, -0.05) is 46.5 Å². The highest BCUT2D eigenvalue weighted by Gasteiger charge is 2.20. The first-order valence-corrected chi connectivity index (χ1v) is 6.94. The Morgan fingerprint density at radius 1 is 1.07 bits per heavy atom. The molecule has 15 heavy (non-hydrogen) atoms. The number of hydrogen-bond acceptors (Lipinski definition) is 1. The number of nitrogens with one attached hydrogen (secondary N) is 1. The van der Waals surface area contributed by atoms with Crippen LogP contribution in [0.4, 0.5) is 0 Å². The Labute approximate surface area is 96.0 Å². The molecule has 0 radical (unpaired) electrons. The Kier molecular flexibility index (Phi) is 6.31. The molecule has 1 fully saturated rings. The van der Waals surface area contributed by atoms with Crippen LogP contribution in [0.25, 0.3) is 0 Å². The molecule has 1 aliphatic rings. The van der Waals surface area contributed by atoms with Gasteiger partial charge in [-0.15, -0.1) is 0 Å². The van der Waals surface area contributed by atoms with Gasteiger partial charge < -0.3 is 5.32 Å². The molecule has 0 aromatic carbocycles. The smallest absolute Gasteiger partial charge is 0.00464 e. The maximum atomic E-state index is 3.46. The molecule has 0 aliphatic heterocycles. The van der Waals surface area contributed by atoms with E-state index in [2.05, 4.69) is 26.1 Å². The van der Waals surface area contributed by atoms with Gasteiger partial charge in [0.05, 0.1) is 0 Å². The summed E-state index contributed by atoms with van der Waals surface area (Å²) < 4.78 is 0. The summed E-state index contributed by atoms with van der Waals surface area (Å²) in [5.41, 5.74) is 0. The Hall–Kier alpha value is -0.0400. The molecule has 0 amide bonds. The summed E-state index contributed by atoms with van der Waals surface area (Å²) in [6, 6.07) is 0. The van der Waals surface area contributed by atoms with Gasteiger partial charge in [-0.3, -0.25) is 0 Å². The van der Waals surface area contributed by atoms with Gasteiger partial charge in [0, 0.05) is 0 Å². The molecule has 0 bridgehead atoms. The molecule has 1 rings (SSSR count). The molecule has 90 valence electrons. The lowest BCUT2D eigenvalue weighted by Gasteiger charge is -2.28. The fraction of sp³-hybridized carbons (Fsp3) is 1.00. The van der Waals surface area contributed by atoms with Gasteiger partial charge in [0.2, 0.25) is 0 Å². The summed E-state index contributed by atoms with van der Waals surface area (Å²) in [5, 5.41) is 3.46. The predicted molar refractivity (Wildman–Crippen MR) is 68.1 cm³/mol. The zero-order valence-corrected chi connectivity index (χ0v) is 10.9. The molecule has 1 aliphatic carbocycles. The molecule has 1 nitrogen and oxygen atoms in total. The van der Waals surface area contributed by atoms with E-state index in [9.17, 15) is 0 Å². The minimum absolute atomic E-state index is 0.942. The summed E-state index contributed by atoms with van der Waals surface area (Å²) >= 11 is 0. The van der Waals surface area contributed by atoms with Crippen LogP contribution in [-0.2, 0) is 0 Å². The third-order valence-corrected chi connectivity index (χ3v) is 4.18. The molecular formula is C14H29N. The van der Waals surface area contributed by atoms with E-state index < -0.39 is 0 Å². The Bertz CT molecular complexity index is 155. The minimum atomic E-state index is 0.942. The fourth-order valence-corrected chi connectivity index (χ4v) is 2.80. The van der Waals surface area contributed by atoms with Gasteiger partial charge in [-0.2, -0.15) is 0 Å². The summed E-state index contributed by atoms with van der Waals surface area (Å²) in [7, 11) is 0. The van der Waals surface area contributed by atoms with Crippen LogP contribution >= 0.6 is 0 Å². The van der Waals surface area contributed by atoms with E-state index in [4.69, 9.17) is 0 Å². The first-order valence-electron chi connectivity index (χ1n) is 6.94. The van der Waals surface area contributed by atoms with Crippen molar-refractivity contribution in [2.45, 2.75) is 59.3 Å². The second-order valence-electron chi connectivity index (χ2n) is 5.48. The molecule has 0 heterocycles. The third-order valence-electron chi connectivity index (χ3n) is 4.18. The van der Waals surface area contributed by atoms with Crippen molar-refractivity contribution in [3.8, 4) is 0 Å². The van der Waals surface area contributed by atoms with Crippen LogP contribution in [0, 0.1) is 17.8 Å². The summed E-state index contributed by atoms with van der Waals surface area (Å²) in [4.78, 5) is 0. The zero-order chi connectivity index (χ0) is 11.1. The Morgan fingerprint density at radius 3 is 2.53 bits per heavy atom. The van der Waals surface area contributed by atoms with Crippen LogP contribution in [0.5, 0.6) is 0 Å². The Morgan fingerprint density at radius 2 is 1.80 bits per heavy atom. The largest absolute Gasteiger partial charge is 0.317 e. The van der Waals surface area contributed by atoms with Crippen LogP contribution < -0.4 is 5.32 Å². The van der Waals surface area contributed by atoms with E-state index in [0.29, 0.717) is 0 Å². The second kappa shape index (κ2) is 7.27. The van der Waals surface area contributed by atoms with E-state index in [1.54, 1.807) is 0 Å². The van der Waals surface area contributed by atoms with E-state index in [1.807, 2.05) is 0 Å². The maximum absolute atomic E-state index is 3.46. The summed E-state index contributed by atoms with van der Waals surface area (Å²) in [5.74, 6) is 2.88. The van der Waals surface area contributed by atoms with Crippen molar-refractivity contribution in [1.82, 2.24) is 5.32 Å². The summed E-state index contributed by atoms with van der Waals surface area (Å²) in [6.07, 6.45) is 8.72. The van der Waals surface area contributed by atoms with Crippen molar-refractivity contribution < 1.29 is 0 Å². The number of rotatable bonds is 4. The van der Waals surface area contributed by atoms with Crippen molar-refractivity contribution in [1.29, 1.82) is 0 Å². The minimum Gasteiger partial charge on any atom is -0.317 e. The first kappa shape index (κ1) is 13.0. The van der Waals surface area contributed by atoms with Crippen LogP contribution in [0.15, 0.2) is 0 Å². The average Bonchev–Trinajstić information content (AvgIpc) is 2.21. The van der Waals surface area contributed by atoms with Crippen LogP contribution in [0.2, 0.25) is 0 Å². The maximum Gasteiger partial charge on any atom is -0.00464 e. The topological polar surface area (TPSA) is 12.0 Å². The lowest BCUT2D eigenvalue weighted by atomic mass is 9.78. The van der Waals surface area contributed by atoms with Crippen LogP contribution in [0.1, 0.15) is 59.3 Å². The molecule has 1 N–H and O–H groups in total. The molecule has 3 unspecified atom stereocenters. The molecule has 1 saturated carbocycles. The van der Waals surface area contributed by atoms with Crippen molar-refractivity contribution in [2.75, 3.05) is 13.1 Å². The lowest BCUT2D eigenvalue weighted by molar-refractivity contribution is 0.237. The normalized spacial score (nSPS) is 33.4. The van der Waals surface area contributed by atoms with Gasteiger partial charge in [0.15, 0.2) is 0 Å². The van der Waals surface area contributed by atoms with Gasteiger partial charge in [-0.25, -0.2) is 0 Å². The highest BCUT2D eigenvalue weighted by molar-refractivity contribution is 4.72. The van der Waals surface area contributed by atoms with Gasteiger partial charge in [-0.05, 0) is 43.7 Å². The van der Waals surface area contributed by atoms with E-state index in [0.717, 1.165) is 24.3 Å². The van der Waals surface area contributed by atoms with Gasteiger partial charge >= 0.3 is 0 Å². The fourth-order valence-electron chi connectivity index (χ4n) is 2.80. The first-order chi connectivity index (χ1) is 7.24. The van der Waals surface area contributed by atoms with E-state index >= 15 is 0 Å². The molecule has 0 spiro atoms. The lowest BCUT2D eigenvalue weighted by Crippen LogP contribution is -2.21. The monoisotopic (exact) mass is 211 g/mol. The van der Waals surface area contributed by atoms with Crippen LogP contribution in [0.3, 0.4) is 0 Å². The zero-order valence-electron chi connectivity index (χ0n) is 10.9. The average molecular weight is 211 g/mol. The Balaban J connectivity index is 2.28. The van der Waals surface area contributed by atoms with Crippen molar-refractivity contribution in [3.63, 3.8) is 0 Å². The molecule has 1 heteroatoms. The molecular weight excluding hydrogens is 182 g/mol. The molecule has 0 aromatic heterocycles. The standard InChI is InChI=1S/C14H29N/c1-4-15-10-9-14-8-6-5-7-12(2)13(3)11-14/h12-15H,4-11H2,1-3H3.